The average Bonchev–Trinajstić information content (AvgIpc) is 2.47. The highest BCUT2D eigenvalue weighted by molar-refractivity contribution is 6.30. The molecule has 1 aliphatic heterocycles. The first-order valence-electron chi connectivity index (χ1n) is 6.80. The molecule has 1 heterocycles. The predicted octanol–water partition coefficient (Wildman–Crippen LogP) is 2.81. The van der Waals surface area contributed by atoms with Crippen LogP contribution in [-0.2, 0) is 6.54 Å². The fourth-order valence-electron chi connectivity index (χ4n) is 2.45. The average molecular weight is 278 g/mol. The highest BCUT2D eigenvalue weighted by atomic mass is 35.5. The van der Waals surface area contributed by atoms with Crippen molar-refractivity contribution in [2.45, 2.75) is 31.8 Å². The Kier molecular flexibility index (Phi) is 4.81. The molecular weight excluding hydrogens is 258 g/mol. The molecule has 1 N–H and O–H groups in total. The van der Waals surface area contributed by atoms with Crippen molar-refractivity contribution < 1.29 is 0 Å². The van der Waals surface area contributed by atoms with Gasteiger partial charge in [0.2, 0.25) is 0 Å². The Morgan fingerprint density at radius 3 is 2.47 bits per heavy atom. The molecule has 0 saturated carbocycles. The Morgan fingerprint density at radius 1 is 1.32 bits per heavy atom. The molecule has 0 amide bonds. The summed E-state index contributed by atoms with van der Waals surface area (Å²) in [5.74, 6) is 0. The summed E-state index contributed by atoms with van der Waals surface area (Å²) >= 11 is 5.87. The lowest BCUT2D eigenvalue weighted by molar-refractivity contribution is 0.172. The molecule has 0 radical (unpaired) electrons. The molecule has 1 aromatic rings. The zero-order valence-electron chi connectivity index (χ0n) is 11.3. The van der Waals surface area contributed by atoms with E-state index < -0.39 is 0 Å². The number of nitrogens with zero attached hydrogens (tertiary/aromatic N) is 2. The maximum atomic E-state index is 9.47. The molecule has 3 nitrogen and oxygen atoms in total. The zero-order chi connectivity index (χ0) is 13.7. The molecule has 0 aliphatic carbocycles. The van der Waals surface area contributed by atoms with E-state index in [0.717, 1.165) is 49.6 Å². The van der Waals surface area contributed by atoms with Gasteiger partial charge in [-0.1, -0.05) is 30.7 Å². The van der Waals surface area contributed by atoms with Crippen LogP contribution in [0.25, 0.3) is 0 Å². The van der Waals surface area contributed by atoms with Crippen LogP contribution < -0.4 is 5.32 Å². The number of hydrogen-bond acceptors (Lipinski definition) is 3. The van der Waals surface area contributed by atoms with Crippen LogP contribution in [0, 0.1) is 11.3 Å². The summed E-state index contributed by atoms with van der Waals surface area (Å²) in [5.41, 5.74) is 0.794. The topological polar surface area (TPSA) is 39.1 Å². The highest BCUT2D eigenvalue weighted by Crippen LogP contribution is 2.22. The van der Waals surface area contributed by atoms with Crippen molar-refractivity contribution in [1.82, 2.24) is 10.2 Å². The summed E-state index contributed by atoms with van der Waals surface area (Å²) in [7, 11) is 0. The van der Waals surface area contributed by atoms with Gasteiger partial charge in [0.25, 0.3) is 0 Å². The van der Waals surface area contributed by atoms with Gasteiger partial charge in [0.05, 0.1) is 6.07 Å². The Morgan fingerprint density at radius 2 is 1.95 bits per heavy atom. The quantitative estimate of drug-likeness (QED) is 0.920. The second-order valence-electron chi connectivity index (χ2n) is 5.11. The van der Waals surface area contributed by atoms with E-state index in [0.29, 0.717) is 0 Å². The van der Waals surface area contributed by atoms with Crippen LogP contribution in [0.4, 0.5) is 0 Å². The molecule has 4 heteroatoms. The van der Waals surface area contributed by atoms with Crippen LogP contribution in [0.15, 0.2) is 24.3 Å². The van der Waals surface area contributed by atoms with E-state index in [1.807, 2.05) is 24.3 Å². The number of likely N-dealkylation sites (tertiary alicyclic amines) is 1. The lowest BCUT2D eigenvalue weighted by atomic mass is 9.88. The second kappa shape index (κ2) is 6.38. The lowest BCUT2D eigenvalue weighted by Gasteiger charge is -2.37. The Hall–Kier alpha value is -1.08. The maximum absolute atomic E-state index is 9.47. The standard InChI is InChI=1S/C15H20ClN3/c1-2-19-9-7-15(12-17,8-10-19)18-11-13-3-5-14(16)6-4-13/h3-6,18H,2,7-11H2,1H3. The van der Waals surface area contributed by atoms with Gasteiger partial charge < -0.3 is 4.90 Å². The smallest absolute Gasteiger partial charge is 0.109 e. The first-order valence-corrected chi connectivity index (χ1v) is 7.18. The molecular formula is C15H20ClN3. The van der Waals surface area contributed by atoms with E-state index in [-0.39, 0.29) is 5.54 Å². The number of rotatable bonds is 4. The van der Waals surface area contributed by atoms with E-state index >= 15 is 0 Å². The molecule has 2 rings (SSSR count). The first-order chi connectivity index (χ1) is 9.17. The van der Waals surface area contributed by atoms with Crippen molar-refractivity contribution in [3.63, 3.8) is 0 Å². The predicted molar refractivity (Wildman–Crippen MR) is 78.0 cm³/mol. The van der Waals surface area contributed by atoms with Crippen molar-refractivity contribution in [2.24, 2.45) is 0 Å². The molecule has 0 aromatic heterocycles. The monoisotopic (exact) mass is 277 g/mol. The van der Waals surface area contributed by atoms with Gasteiger partial charge in [-0.3, -0.25) is 5.32 Å². The minimum atomic E-state index is -0.370. The van der Waals surface area contributed by atoms with Crippen LogP contribution in [-0.4, -0.2) is 30.1 Å². The summed E-state index contributed by atoms with van der Waals surface area (Å²) in [4.78, 5) is 2.39. The fourth-order valence-corrected chi connectivity index (χ4v) is 2.58. The van der Waals surface area contributed by atoms with Crippen LogP contribution in [0.2, 0.25) is 5.02 Å². The summed E-state index contributed by atoms with van der Waals surface area (Å²) in [6.45, 7) is 5.95. The van der Waals surface area contributed by atoms with Crippen molar-refractivity contribution in [1.29, 1.82) is 5.26 Å². The third-order valence-corrected chi connectivity index (χ3v) is 4.17. The fraction of sp³-hybridized carbons (Fsp3) is 0.533. The minimum Gasteiger partial charge on any atom is -0.303 e. The van der Waals surface area contributed by atoms with E-state index in [4.69, 9.17) is 11.6 Å². The van der Waals surface area contributed by atoms with Crippen molar-refractivity contribution >= 4 is 11.6 Å². The summed E-state index contributed by atoms with van der Waals surface area (Å²) in [6, 6.07) is 10.3. The van der Waals surface area contributed by atoms with Gasteiger partial charge in [-0.2, -0.15) is 5.26 Å². The van der Waals surface area contributed by atoms with E-state index in [1.165, 1.54) is 0 Å². The molecule has 0 atom stereocenters. The van der Waals surface area contributed by atoms with Crippen molar-refractivity contribution in [3.8, 4) is 6.07 Å². The van der Waals surface area contributed by atoms with Gasteiger partial charge in [-0.05, 0) is 37.1 Å². The lowest BCUT2D eigenvalue weighted by Crippen LogP contribution is -2.52. The summed E-state index contributed by atoms with van der Waals surface area (Å²) in [6.07, 6.45) is 1.79. The van der Waals surface area contributed by atoms with Crippen LogP contribution in [0.3, 0.4) is 0 Å². The number of benzene rings is 1. The van der Waals surface area contributed by atoms with Gasteiger partial charge in [0, 0.05) is 24.7 Å². The second-order valence-corrected chi connectivity index (χ2v) is 5.54. The highest BCUT2D eigenvalue weighted by Gasteiger charge is 2.33. The molecule has 0 unspecified atom stereocenters. The third-order valence-electron chi connectivity index (χ3n) is 3.92. The Balaban J connectivity index is 1.93. The summed E-state index contributed by atoms with van der Waals surface area (Å²) < 4.78 is 0. The van der Waals surface area contributed by atoms with Crippen LogP contribution in [0.5, 0.6) is 0 Å². The SMILES string of the molecule is CCN1CCC(C#N)(NCc2ccc(Cl)cc2)CC1. The number of nitrogens with one attached hydrogen (secondary N) is 1. The zero-order valence-corrected chi connectivity index (χ0v) is 12.1. The molecule has 0 bridgehead atoms. The first kappa shape index (κ1) is 14.3. The number of hydrogen-bond donors (Lipinski definition) is 1. The van der Waals surface area contributed by atoms with Gasteiger partial charge in [-0.25, -0.2) is 0 Å². The van der Waals surface area contributed by atoms with E-state index in [9.17, 15) is 5.26 Å². The van der Waals surface area contributed by atoms with Crippen molar-refractivity contribution in [3.05, 3.63) is 34.9 Å². The number of nitriles is 1. The molecule has 19 heavy (non-hydrogen) atoms. The molecule has 102 valence electrons. The van der Waals surface area contributed by atoms with Gasteiger partial charge in [-0.15, -0.1) is 0 Å². The van der Waals surface area contributed by atoms with E-state index in [2.05, 4.69) is 23.2 Å². The van der Waals surface area contributed by atoms with Gasteiger partial charge in [0.1, 0.15) is 5.54 Å². The third kappa shape index (κ3) is 3.70. The van der Waals surface area contributed by atoms with E-state index in [1.54, 1.807) is 0 Å². The summed E-state index contributed by atoms with van der Waals surface area (Å²) in [5, 5.41) is 13.7. The normalized spacial score (nSPS) is 19.0. The molecule has 1 aliphatic rings. The molecule has 1 aromatic carbocycles. The van der Waals surface area contributed by atoms with Crippen molar-refractivity contribution in [2.75, 3.05) is 19.6 Å². The molecule has 0 spiro atoms. The van der Waals surface area contributed by atoms with Gasteiger partial charge in [0.15, 0.2) is 0 Å². The number of halogens is 1. The van der Waals surface area contributed by atoms with Crippen LogP contribution in [0.1, 0.15) is 25.3 Å². The Labute approximate surface area is 120 Å². The Bertz CT molecular complexity index is 441. The number of piperidine rings is 1. The minimum absolute atomic E-state index is 0.370. The molecule has 1 saturated heterocycles. The maximum Gasteiger partial charge on any atom is 0.109 e. The molecule has 1 fully saturated rings. The van der Waals surface area contributed by atoms with Crippen LogP contribution >= 0.6 is 11.6 Å². The largest absolute Gasteiger partial charge is 0.303 e. The van der Waals surface area contributed by atoms with Gasteiger partial charge >= 0.3 is 0 Å².